The quantitative estimate of drug-likeness (QED) is 0.888. The second-order valence-electron chi connectivity index (χ2n) is 5.13. The van der Waals surface area contributed by atoms with Crippen LogP contribution in [-0.4, -0.2) is 36.4 Å². The number of aryl methyl sites for hydroxylation is 1. The van der Waals surface area contributed by atoms with Crippen molar-refractivity contribution in [3.63, 3.8) is 0 Å². The topological polar surface area (TPSA) is 45.6 Å². The Morgan fingerprint density at radius 2 is 2.28 bits per heavy atom. The lowest BCUT2D eigenvalue weighted by Gasteiger charge is -2.20. The van der Waals surface area contributed by atoms with Crippen molar-refractivity contribution in [2.45, 2.75) is 44.2 Å². The Labute approximate surface area is 112 Å². The first-order valence-corrected chi connectivity index (χ1v) is 7.54. The summed E-state index contributed by atoms with van der Waals surface area (Å²) in [5, 5.41) is 11.1. The summed E-state index contributed by atoms with van der Waals surface area (Å²) in [4.78, 5) is 8.33. The number of aliphatic hydroxyl groups excluding tert-OH is 1. The molecule has 1 unspecified atom stereocenters. The number of fused-ring (bicyclic) bond motifs is 1. The van der Waals surface area contributed by atoms with Gasteiger partial charge in [-0.25, -0.2) is 4.98 Å². The first-order chi connectivity index (χ1) is 8.79. The number of anilines is 1. The maximum Gasteiger partial charge on any atom is 0.186 e. The van der Waals surface area contributed by atoms with Gasteiger partial charge in [0.2, 0.25) is 0 Å². The van der Waals surface area contributed by atoms with Gasteiger partial charge in [0.15, 0.2) is 5.13 Å². The first-order valence-electron chi connectivity index (χ1n) is 6.73. The minimum atomic E-state index is -0.345. The predicted molar refractivity (Wildman–Crippen MR) is 72.3 cm³/mol. The van der Waals surface area contributed by atoms with Gasteiger partial charge in [0, 0.05) is 24.6 Å². The molecule has 100 valence electrons. The van der Waals surface area contributed by atoms with E-state index in [1.807, 2.05) is 0 Å². The highest BCUT2D eigenvalue weighted by molar-refractivity contribution is 7.15. The number of thiazole rings is 1. The van der Waals surface area contributed by atoms with Crippen molar-refractivity contribution >= 4 is 16.5 Å². The zero-order valence-corrected chi connectivity index (χ0v) is 11.6. The van der Waals surface area contributed by atoms with Crippen LogP contribution in [0.5, 0.6) is 0 Å². The van der Waals surface area contributed by atoms with Gasteiger partial charge in [-0.1, -0.05) is 0 Å². The lowest BCUT2D eigenvalue weighted by atomic mass is 10.0. The van der Waals surface area contributed by atoms with Gasteiger partial charge >= 0.3 is 0 Å². The van der Waals surface area contributed by atoms with Gasteiger partial charge in [-0.05, 0) is 32.1 Å². The lowest BCUT2D eigenvalue weighted by molar-refractivity contribution is 0.153. The average molecular weight is 268 g/mol. The Balaban J connectivity index is 1.81. The number of aliphatic hydroxyl groups is 1. The molecule has 3 rings (SSSR count). The number of ether oxygens (including phenoxy) is 1. The second-order valence-corrected chi connectivity index (χ2v) is 6.19. The molecule has 2 aliphatic rings. The maximum absolute atomic E-state index is 9.99. The Hall–Kier alpha value is -0.650. The zero-order chi connectivity index (χ0) is 12.5. The maximum atomic E-state index is 9.99. The Bertz CT molecular complexity index is 417. The number of rotatable bonds is 5. The molecule has 2 aliphatic carbocycles. The van der Waals surface area contributed by atoms with E-state index in [4.69, 9.17) is 4.74 Å². The Morgan fingerprint density at radius 1 is 1.44 bits per heavy atom. The summed E-state index contributed by atoms with van der Waals surface area (Å²) in [5.41, 5.74) is 0.935. The molecule has 0 saturated heterocycles. The van der Waals surface area contributed by atoms with E-state index in [9.17, 15) is 5.11 Å². The molecule has 0 aliphatic heterocycles. The smallest absolute Gasteiger partial charge is 0.186 e. The predicted octanol–water partition coefficient (Wildman–Crippen LogP) is 2.13. The van der Waals surface area contributed by atoms with Crippen molar-refractivity contribution in [3.8, 4) is 0 Å². The van der Waals surface area contributed by atoms with Crippen molar-refractivity contribution in [1.82, 2.24) is 4.98 Å². The van der Waals surface area contributed by atoms with Crippen molar-refractivity contribution in [2.24, 2.45) is 0 Å². The summed E-state index contributed by atoms with van der Waals surface area (Å²) >= 11 is 1.77. The molecule has 0 bridgehead atoms. The van der Waals surface area contributed by atoms with E-state index in [0.29, 0.717) is 6.04 Å². The molecular weight excluding hydrogens is 248 g/mol. The van der Waals surface area contributed by atoms with Gasteiger partial charge in [-0.2, -0.15) is 0 Å². The van der Waals surface area contributed by atoms with Crippen LogP contribution in [-0.2, 0) is 11.2 Å². The fourth-order valence-corrected chi connectivity index (χ4v) is 3.77. The van der Waals surface area contributed by atoms with Crippen molar-refractivity contribution in [2.75, 3.05) is 25.2 Å². The van der Waals surface area contributed by atoms with E-state index in [1.54, 1.807) is 18.4 Å². The van der Waals surface area contributed by atoms with Crippen LogP contribution in [0.1, 0.15) is 42.4 Å². The number of aromatic nitrogens is 1. The largest absolute Gasteiger partial charge is 0.387 e. The fourth-order valence-electron chi connectivity index (χ4n) is 2.52. The third kappa shape index (κ3) is 2.39. The molecule has 18 heavy (non-hydrogen) atoms. The molecule has 1 heterocycles. The van der Waals surface area contributed by atoms with Crippen LogP contribution in [0.25, 0.3) is 0 Å². The van der Waals surface area contributed by atoms with Crippen LogP contribution in [0, 0.1) is 0 Å². The molecule has 1 atom stereocenters. The summed E-state index contributed by atoms with van der Waals surface area (Å²) < 4.78 is 5.18. The van der Waals surface area contributed by atoms with E-state index in [1.165, 1.54) is 17.7 Å². The molecule has 1 saturated carbocycles. The SMILES string of the molecule is COCCN(c1nc2c(s1)CCCC2O)C1CC1. The van der Waals surface area contributed by atoms with Gasteiger partial charge in [-0.3, -0.25) is 0 Å². The number of nitrogens with zero attached hydrogens (tertiary/aromatic N) is 2. The van der Waals surface area contributed by atoms with Crippen LogP contribution in [0.3, 0.4) is 0 Å². The standard InChI is InChI=1S/C13H20N2O2S/c1-17-8-7-15(9-5-6-9)13-14-12-10(16)3-2-4-11(12)18-13/h9-10,16H,2-8H2,1H3. The molecule has 0 amide bonds. The highest BCUT2D eigenvalue weighted by Crippen LogP contribution is 2.39. The van der Waals surface area contributed by atoms with Crippen molar-refractivity contribution < 1.29 is 9.84 Å². The molecular formula is C13H20N2O2S. The highest BCUT2D eigenvalue weighted by Gasteiger charge is 2.32. The molecule has 4 nitrogen and oxygen atoms in total. The monoisotopic (exact) mass is 268 g/mol. The minimum Gasteiger partial charge on any atom is -0.387 e. The summed E-state index contributed by atoms with van der Waals surface area (Å²) in [6.07, 6.45) is 5.19. The summed E-state index contributed by atoms with van der Waals surface area (Å²) in [6.45, 7) is 1.65. The first kappa shape index (κ1) is 12.4. The Morgan fingerprint density at radius 3 is 2.94 bits per heavy atom. The molecule has 0 spiro atoms. The minimum absolute atomic E-state index is 0.345. The van der Waals surface area contributed by atoms with Crippen LogP contribution < -0.4 is 4.90 Å². The third-order valence-electron chi connectivity index (χ3n) is 3.68. The van der Waals surface area contributed by atoms with Gasteiger partial charge in [0.25, 0.3) is 0 Å². The number of hydrogen-bond acceptors (Lipinski definition) is 5. The molecule has 0 aromatic carbocycles. The zero-order valence-electron chi connectivity index (χ0n) is 10.8. The number of methoxy groups -OCH3 is 1. The van der Waals surface area contributed by atoms with Crippen LogP contribution >= 0.6 is 11.3 Å². The fraction of sp³-hybridized carbons (Fsp3) is 0.769. The molecule has 1 aromatic heterocycles. The molecule has 5 heteroatoms. The van der Waals surface area contributed by atoms with Crippen molar-refractivity contribution in [3.05, 3.63) is 10.6 Å². The number of hydrogen-bond donors (Lipinski definition) is 1. The van der Waals surface area contributed by atoms with E-state index in [0.717, 1.165) is 43.2 Å². The van der Waals surface area contributed by atoms with Gasteiger partial charge in [0.05, 0.1) is 18.4 Å². The van der Waals surface area contributed by atoms with Crippen LogP contribution in [0.4, 0.5) is 5.13 Å². The Kier molecular flexibility index (Phi) is 3.54. The summed E-state index contributed by atoms with van der Waals surface area (Å²) in [5.74, 6) is 0. The summed E-state index contributed by atoms with van der Waals surface area (Å²) in [7, 11) is 1.74. The highest BCUT2D eigenvalue weighted by atomic mass is 32.1. The third-order valence-corrected chi connectivity index (χ3v) is 4.85. The van der Waals surface area contributed by atoms with Crippen LogP contribution in [0.2, 0.25) is 0 Å². The summed E-state index contributed by atoms with van der Waals surface area (Å²) in [6, 6.07) is 0.643. The molecule has 1 aromatic rings. The van der Waals surface area contributed by atoms with E-state index < -0.39 is 0 Å². The van der Waals surface area contributed by atoms with E-state index in [2.05, 4.69) is 9.88 Å². The molecule has 1 N–H and O–H groups in total. The van der Waals surface area contributed by atoms with E-state index in [-0.39, 0.29) is 6.10 Å². The normalized spacial score (nSPS) is 22.9. The van der Waals surface area contributed by atoms with Crippen molar-refractivity contribution in [1.29, 1.82) is 0 Å². The average Bonchev–Trinajstić information content (AvgIpc) is 3.09. The van der Waals surface area contributed by atoms with Gasteiger partial charge in [0.1, 0.15) is 0 Å². The van der Waals surface area contributed by atoms with E-state index >= 15 is 0 Å². The molecule has 1 fully saturated rings. The van der Waals surface area contributed by atoms with Gasteiger partial charge in [-0.15, -0.1) is 11.3 Å². The lowest BCUT2D eigenvalue weighted by Crippen LogP contribution is -2.29. The van der Waals surface area contributed by atoms with Gasteiger partial charge < -0.3 is 14.7 Å². The second kappa shape index (κ2) is 5.15. The van der Waals surface area contributed by atoms with Crippen LogP contribution in [0.15, 0.2) is 0 Å². The molecule has 0 radical (unpaired) electrons.